The van der Waals surface area contributed by atoms with Crippen LogP contribution in [0.5, 0.6) is 0 Å². The molecule has 0 saturated carbocycles. The van der Waals surface area contributed by atoms with Crippen molar-refractivity contribution in [1.29, 1.82) is 0 Å². The molecule has 1 atom stereocenters. The third kappa shape index (κ3) is 3.24. The Morgan fingerprint density at radius 3 is 2.05 bits per heavy atom. The molecule has 7 heteroatoms. The van der Waals surface area contributed by atoms with Gasteiger partial charge in [0.15, 0.2) is 23.3 Å². The van der Waals surface area contributed by atoms with Gasteiger partial charge in [-0.2, -0.15) is 0 Å². The average molecular weight is 313 g/mol. The van der Waals surface area contributed by atoms with Crippen LogP contribution in [0.1, 0.15) is 24.9 Å². The van der Waals surface area contributed by atoms with Crippen molar-refractivity contribution < 1.29 is 17.6 Å². The molecule has 0 aliphatic carbocycles. The molecule has 0 spiro atoms. The highest BCUT2D eigenvalue weighted by molar-refractivity contribution is 5.85. The van der Waals surface area contributed by atoms with E-state index in [4.69, 9.17) is 0 Å². The van der Waals surface area contributed by atoms with Gasteiger partial charge in [-0.25, -0.2) is 17.6 Å². The van der Waals surface area contributed by atoms with Crippen molar-refractivity contribution in [2.45, 2.75) is 19.4 Å². The van der Waals surface area contributed by atoms with E-state index < -0.39 is 34.9 Å². The van der Waals surface area contributed by atoms with E-state index in [1.54, 1.807) is 6.92 Å². The predicted molar refractivity (Wildman–Crippen MR) is 71.0 cm³/mol. The van der Waals surface area contributed by atoms with Crippen LogP contribution in [-0.4, -0.2) is 31.1 Å². The number of nitrogens with one attached hydrogen (secondary N) is 1. The smallest absolute Gasteiger partial charge is 0.166 e. The molecule has 1 saturated heterocycles. The SMILES string of the molecule is CC[C@H](c1c(F)c(F)cc(F)c1F)N1CCNCC1.Cl. The Morgan fingerprint density at radius 2 is 1.60 bits per heavy atom. The fraction of sp³-hybridized carbons (Fsp3) is 0.538. The molecule has 1 heterocycles. The van der Waals surface area contributed by atoms with Gasteiger partial charge in [-0.1, -0.05) is 6.92 Å². The molecule has 2 rings (SSSR count). The molecule has 0 bridgehead atoms. The number of piperazine rings is 1. The molecule has 114 valence electrons. The van der Waals surface area contributed by atoms with Gasteiger partial charge in [0.05, 0.1) is 0 Å². The summed E-state index contributed by atoms with van der Waals surface area (Å²) < 4.78 is 54.2. The Hall–Kier alpha value is -0.850. The number of halogens is 5. The van der Waals surface area contributed by atoms with Gasteiger partial charge in [-0.3, -0.25) is 4.90 Å². The molecule has 2 nitrogen and oxygen atoms in total. The lowest BCUT2D eigenvalue weighted by Gasteiger charge is -2.35. The quantitative estimate of drug-likeness (QED) is 0.682. The highest BCUT2D eigenvalue weighted by Gasteiger charge is 2.29. The maximum Gasteiger partial charge on any atom is 0.166 e. The van der Waals surface area contributed by atoms with E-state index in [1.165, 1.54) is 0 Å². The normalized spacial score (nSPS) is 17.6. The highest BCUT2D eigenvalue weighted by atomic mass is 35.5. The highest BCUT2D eigenvalue weighted by Crippen LogP contribution is 2.31. The topological polar surface area (TPSA) is 15.3 Å². The van der Waals surface area contributed by atoms with Crippen molar-refractivity contribution in [3.63, 3.8) is 0 Å². The van der Waals surface area contributed by atoms with Crippen LogP contribution >= 0.6 is 12.4 Å². The summed E-state index contributed by atoms with van der Waals surface area (Å²) in [6, 6.07) is -0.397. The molecular formula is C13H17ClF4N2. The molecular weight excluding hydrogens is 296 g/mol. The molecule has 0 amide bonds. The summed E-state index contributed by atoms with van der Waals surface area (Å²) in [5.74, 6) is -5.27. The maximum atomic E-state index is 13.8. The van der Waals surface area contributed by atoms with E-state index >= 15 is 0 Å². The zero-order valence-corrected chi connectivity index (χ0v) is 11.9. The lowest BCUT2D eigenvalue weighted by Crippen LogP contribution is -2.45. The summed E-state index contributed by atoms with van der Waals surface area (Å²) >= 11 is 0. The van der Waals surface area contributed by atoms with Crippen LogP contribution in [-0.2, 0) is 0 Å². The molecule has 1 aromatic rings. The van der Waals surface area contributed by atoms with E-state index in [0.717, 1.165) is 0 Å². The number of hydrogen-bond acceptors (Lipinski definition) is 2. The Kier molecular flexibility index (Phi) is 6.23. The van der Waals surface area contributed by atoms with Crippen molar-refractivity contribution >= 4 is 12.4 Å². The van der Waals surface area contributed by atoms with Gasteiger partial charge >= 0.3 is 0 Å². The Morgan fingerprint density at radius 1 is 1.10 bits per heavy atom. The fourth-order valence-corrected chi connectivity index (χ4v) is 2.52. The van der Waals surface area contributed by atoms with E-state index in [2.05, 4.69) is 5.32 Å². The minimum atomic E-state index is -1.34. The van der Waals surface area contributed by atoms with Crippen molar-refractivity contribution in [1.82, 2.24) is 10.2 Å². The zero-order chi connectivity index (χ0) is 14.0. The first kappa shape index (κ1) is 17.2. The fourth-order valence-electron chi connectivity index (χ4n) is 2.52. The van der Waals surface area contributed by atoms with Crippen LogP contribution in [0.15, 0.2) is 6.07 Å². The van der Waals surface area contributed by atoms with Crippen molar-refractivity contribution in [2.75, 3.05) is 26.2 Å². The van der Waals surface area contributed by atoms with Crippen molar-refractivity contribution in [3.05, 3.63) is 34.9 Å². The zero-order valence-electron chi connectivity index (χ0n) is 11.1. The molecule has 1 fully saturated rings. The second kappa shape index (κ2) is 7.24. The van der Waals surface area contributed by atoms with Gasteiger partial charge in [0, 0.05) is 43.9 Å². The van der Waals surface area contributed by atoms with Crippen molar-refractivity contribution in [3.8, 4) is 0 Å². The number of nitrogens with zero attached hydrogens (tertiary/aromatic N) is 1. The average Bonchev–Trinajstić information content (AvgIpc) is 2.42. The molecule has 1 aromatic carbocycles. The molecule has 1 N–H and O–H groups in total. The van der Waals surface area contributed by atoms with Gasteiger partial charge in [0.1, 0.15) is 0 Å². The monoisotopic (exact) mass is 312 g/mol. The third-order valence-corrected chi connectivity index (χ3v) is 3.46. The van der Waals surface area contributed by atoms with E-state index in [-0.39, 0.29) is 18.5 Å². The van der Waals surface area contributed by atoms with Crippen LogP contribution in [0.2, 0.25) is 0 Å². The van der Waals surface area contributed by atoms with E-state index in [0.29, 0.717) is 32.6 Å². The van der Waals surface area contributed by atoms with Gasteiger partial charge in [0.2, 0.25) is 0 Å². The Labute approximate surface area is 121 Å². The van der Waals surface area contributed by atoms with Crippen LogP contribution < -0.4 is 5.32 Å². The first-order chi connectivity index (χ1) is 9.06. The summed E-state index contributed by atoms with van der Waals surface area (Å²) in [5, 5.41) is 3.12. The summed E-state index contributed by atoms with van der Waals surface area (Å²) in [6.45, 7) is 4.31. The second-order valence-electron chi connectivity index (χ2n) is 4.59. The number of rotatable bonds is 3. The molecule has 0 unspecified atom stereocenters. The predicted octanol–water partition coefficient (Wildman–Crippen LogP) is 3.02. The van der Waals surface area contributed by atoms with Crippen LogP contribution in [0.25, 0.3) is 0 Å². The van der Waals surface area contributed by atoms with Gasteiger partial charge in [0.25, 0.3) is 0 Å². The number of benzene rings is 1. The lowest BCUT2D eigenvalue weighted by molar-refractivity contribution is 0.161. The second-order valence-corrected chi connectivity index (χ2v) is 4.59. The molecule has 1 aliphatic rings. The van der Waals surface area contributed by atoms with Gasteiger partial charge < -0.3 is 5.32 Å². The largest absolute Gasteiger partial charge is 0.314 e. The summed E-state index contributed by atoms with van der Waals surface area (Å²) in [7, 11) is 0. The first-order valence-electron chi connectivity index (χ1n) is 6.34. The summed E-state index contributed by atoms with van der Waals surface area (Å²) in [4.78, 5) is 1.84. The summed E-state index contributed by atoms with van der Waals surface area (Å²) in [6.07, 6.45) is 0.386. The van der Waals surface area contributed by atoms with Crippen LogP contribution in [0, 0.1) is 23.3 Å². The molecule has 1 aliphatic heterocycles. The maximum absolute atomic E-state index is 13.8. The molecule has 0 radical (unpaired) electrons. The Bertz CT molecular complexity index is 438. The van der Waals surface area contributed by atoms with Crippen LogP contribution in [0.4, 0.5) is 17.6 Å². The third-order valence-electron chi connectivity index (χ3n) is 3.46. The molecule has 0 aromatic heterocycles. The summed E-state index contributed by atoms with van der Waals surface area (Å²) in [5.41, 5.74) is -0.498. The first-order valence-corrected chi connectivity index (χ1v) is 6.34. The minimum absolute atomic E-state index is 0. The van der Waals surface area contributed by atoms with Crippen molar-refractivity contribution in [2.24, 2.45) is 0 Å². The van der Waals surface area contributed by atoms with E-state index in [9.17, 15) is 17.6 Å². The Balaban J connectivity index is 0.00000200. The number of hydrogen-bond donors (Lipinski definition) is 1. The van der Waals surface area contributed by atoms with E-state index in [1.807, 2.05) is 4.90 Å². The van der Waals surface area contributed by atoms with Gasteiger partial charge in [-0.05, 0) is 6.42 Å². The minimum Gasteiger partial charge on any atom is -0.314 e. The van der Waals surface area contributed by atoms with Gasteiger partial charge in [-0.15, -0.1) is 12.4 Å². The van der Waals surface area contributed by atoms with Crippen LogP contribution in [0.3, 0.4) is 0 Å². The lowest BCUT2D eigenvalue weighted by atomic mass is 10.00. The standard InChI is InChI=1S/C13H16F4N2.ClH/c1-2-10(19-5-3-18-4-6-19)11-12(16)8(14)7-9(15)13(11)17;/h7,10,18H,2-6H2,1H3;1H/t10-;/m1./s1. The molecule has 20 heavy (non-hydrogen) atoms.